The van der Waals surface area contributed by atoms with E-state index in [0.717, 1.165) is 17.8 Å². The molecule has 0 saturated heterocycles. The van der Waals surface area contributed by atoms with Crippen LogP contribution in [0.5, 0.6) is 11.5 Å². The van der Waals surface area contributed by atoms with Crippen LogP contribution in [0.2, 0.25) is 0 Å². The van der Waals surface area contributed by atoms with Crippen molar-refractivity contribution in [3.05, 3.63) is 48.5 Å². The molecule has 162 valence electrons. The summed E-state index contributed by atoms with van der Waals surface area (Å²) in [7, 11) is 1.65. The molecule has 2 aromatic carbocycles. The van der Waals surface area contributed by atoms with Gasteiger partial charge in [0.2, 0.25) is 5.91 Å². The van der Waals surface area contributed by atoms with E-state index in [1.807, 2.05) is 47.0 Å². The van der Waals surface area contributed by atoms with Gasteiger partial charge in [-0.1, -0.05) is 42.1 Å². The van der Waals surface area contributed by atoms with Gasteiger partial charge < -0.3 is 19.5 Å². The predicted octanol–water partition coefficient (Wildman–Crippen LogP) is 3.48. The van der Waals surface area contributed by atoms with Crippen molar-refractivity contribution < 1.29 is 19.0 Å². The van der Waals surface area contributed by atoms with Crippen LogP contribution in [-0.2, 0) is 16.1 Å². The third kappa shape index (κ3) is 5.36. The van der Waals surface area contributed by atoms with Gasteiger partial charge in [-0.3, -0.25) is 9.36 Å². The highest BCUT2D eigenvalue weighted by molar-refractivity contribution is 7.99. The zero-order valence-electron chi connectivity index (χ0n) is 17.2. The Bertz CT molecular complexity index is 1030. The number of fused-ring (bicyclic) bond motifs is 1. The largest absolute Gasteiger partial charge is 0.490 e. The van der Waals surface area contributed by atoms with E-state index in [1.54, 1.807) is 13.2 Å². The number of aromatic nitrogens is 3. The van der Waals surface area contributed by atoms with Gasteiger partial charge in [-0.2, -0.15) is 0 Å². The minimum atomic E-state index is -0.137. The standard InChI is InChI=1S/C22H24N4O4S/c1-28-13-10-26-21(16-6-3-2-4-7-16)24-25-22(26)31-15-20(27)23-17-8-9-18-19(14-17)30-12-5-11-29-18/h2-4,6-9,14H,5,10-13,15H2,1H3,(H,23,27). The van der Waals surface area contributed by atoms with Crippen LogP contribution >= 0.6 is 11.8 Å². The lowest BCUT2D eigenvalue weighted by Gasteiger charge is -2.11. The summed E-state index contributed by atoms with van der Waals surface area (Å²) in [6.45, 7) is 2.35. The third-order valence-electron chi connectivity index (χ3n) is 4.63. The summed E-state index contributed by atoms with van der Waals surface area (Å²) in [5.41, 5.74) is 1.63. The number of hydrogen-bond donors (Lipinski definition) is 1. The first kappa shape index (κ1) is 21.2. The molecule has 0 bridgehead atoms. The van der Waals surface area contributed by atoms with E-state index in [2.05, 4.69) is 15.5 Å². The van der Waals surface area contributed by atoms with E-state index < -0.39 is 0 Å². The summed E-state index contributed by atoms with van der Waals surface area (Å²) in [6.07, 6.45) is 0.835. The lowest BCUT2D eigenvalue weighted by atomic mass is 10.2. The van der Waals surface area contributed by atoms with Crippen LogP contribution < -0.4 is 14.8 Å². The Balaban J connectivity index is 1.42. The van der Waals surface area contributed by atoms with E-state index in [-0.39, 0.29) is 11.7 Å². The maximum Gasteiger partial charge on any atom is 0.234 e. The molecule has 0 unspecified atom stereocenters. The number of nitrogens with zero attached hydrogens (tertiary/aromatic N) is 3. The zero-order valence-corrected chi connectivity index (χ0v) is 18.1. The Labute approximate surface area is 184 Å². The van der Waals surface area contributed by atoms with Crippen molar-refractivity contribution >= 4 is 23.4 Å². The molecule has 4 rings (SSSR count). The molecule has 1 aliphatic heterocycles. The topological polar surface area (TPSA) is 87.5 Å². The lowest BCUT2D eigenvalue weighted by molar-refractivity contribution is -0.113. The number of benzene rings is 2. The number of rotatable bonds is 8. The first-order valence-electron chi connectivity index (χ1n) is 10.0. The number of ether oxygens (including phenoxy) is 3. The first-order chi connectivity index (χ1) is 15.2. The number of carbonyl (C=O) groups excluding carboxylic acids is 1. The normalized spacial score (nSPS) is 12.9. The first-order valence-corrected chi connectivity index (χ1v) is 11.0. The molecule has 1 amide bonds. The van der Waals surface area contributed by atoms with E-state index >= 15 is 0 Å². The van der Waals surface area contributed by atoms with Gasteiger partial charge in [-0.15, -0.1) is 10.2 Å². The van der Waals surface area contributed by atoms with Crippen molar-refractivity contribution in [3.8, 4) is 22.9 Å². The van der Waals surface area contributed by atoms with Gasteiger partial charge in [0.25, 0.3) is 0 Å². The van der Waals surface area contributed by atoms with Gasteiger partial charge >= 0.3 is 0 Å². The minimum Gasteiger partial charge on any atom is -0.490 e. The van der Waals surface area contributed by atoms with E-state index in [4.69, 9.17) is 14.2 Å². The fraction of sp³-hybridized carbons (Fsp3) is 0.318. The van der Waals surface area contributed by atoms with Crippen LogP contribution in [0, 0.1) is 0 Å². The summed E-state index contributed by atoms with van der Waals surface area (Å²) in [6, 6.07) is 15.3. The highest BCUT2D eigenvalue weighted by atomic mass is 32.2. The molecular formula is C22H24N4O4S. The molecule has 0 spiro atoms. The summed E-state index contributed by atoms with van der Waals surface area (Å²) < 4.78 is 18.5. The zero-order chi connectivity index (χ0) is 21.5. The molecule has 0 aliphatic carbocycles. The van der Waals surface area contributed by atoms with Crippen molar-refractivity contribution in [2.45, 2.75) is 18.1 Å². The number of thioether (sulfide) groups is 1. The summed E-state index contributed by atoms with van der Waals surface area (Å²) in [4.78, 5) is 12.5. The fourth-order valence-electron chi connectivity index (χ4n) is 3.15. The molecule has 1 aromatic heterocycles. The fourth-order valence-corrected chi connectivity index (χ4v) is 3.91. The molecule has 0 radical (unpaired) electrons. The maximum absolute atomic E-state index is 12.5. The molecule has 2 heterocycles. The van der Waals surface area contributed by atoms with Crippen molar-refractivity contribution in [1.82, 2.24) is 14.8 Å². The Hall–Kier alpha value is -3.04. The molecule has 8 nitrogen and oxygen atoms in total. The maximum atomic E-state index is 12.5. The monoisotopic (exact) mass is 440 g/mol. The second-order valence-electron chi connectivity index (χ2n) is 6.87. The van der Waals surface area contributed by atoms with Gasteiger partial charge in [-0.05, 0) is 12.1 Å². The second-order valence-corrected chi connectivity index (χ2v) is 7.81. The molecular weight excluding hydrogens is 416 g/mol. The molecule has 0 fully saturated rings. The quantitative estimate of drug-likeness (QED) is 0.537. The van der Waals surface area contributed by atoms with E-state index in [0.29, 0.717) is 48.7 Å². The number of nitrogens with one attached hydrogen (secondary N) is 1. The predicted molar refractivity (Wildman–Crippen MR) is 119 cm³/mol. The number of anilines is 1. The van der Waals surface area contributed by atoms with Crippen LogP contribution in [0.25, 0.3) is 11.4 Å². The van der Waals surface area contributed by atoms with Crippen molar-refractivity contribution in [2.24, 2.45) is 0 Å². The molecule has 1 N–H and O–H groups in total. The van der Waals surface area contributed by atoms with Crippen LogP contribution in [-0.4, -0.2) is 53.4 Å². The molecule has 9 heteroatoms. The molecule has 3 aromatic rings. The second kappa shape index (κ2) is 10.3. The smallest absolute Gasteiger partial charge is 0.234 e. The number of methoxy groups -OCH3 is 1. The summed E-state index contributed by atoms with van der Waals surface area (Å²) in [5.74, 6) is 2.17. The molecule has 0 saturated carbocycles. The van der Waals surface area contributed by atoms with Crippen molar-refractivity contribution in [2.75, 3.05) is 38.0 Å². The highest BCUT2D eigenvalue weighted by Crippen LogP contribution is 2.32. The van der Waals surface area contributed by atoms with Crippen LogP contribution in [0.15, 0.2) is 53.7 Å². The third-order valence-corrected chi connectivity index (χ3v) is 5.60. The molecule has 0 atom stereocenters. The highest BCUT2D eigenvalue weighted by Gasteiger charge is 2.16. The Morgan fingerprint density at radius 1 is 1.13 bits per heavy atom. The van der Waals surface area contributed by atoms with Gasteiger partial charge in [0.05, 0.1) is 32.1 Å². The van der Waals surface area contributed by atoms with Gasteiger partial charge in [0, 0.05) is 30.8 Å². The van der Waals surface area contributed by atoms with Gasteiger partial charge in [0.15, 0.2) is 22.5 Å². The molecule has 1 aliphatic rings. The Morgan fingerprint density at radius 3 is 2.74 bits per heavy atom. The molecule has 31 heavy (non-hydrogen) atoms. The summed E-state index contributed by atoms with van der Waals surface area (Å²) in [5, 5.41) is 12.2. The van der Waals surface area contributed by atoms with Gasteiger partial charge in [-0.25, -0.2) is 0 Å². The minimum absolute atomic E-state index is 0.137. The van der Waals surface area contributed by atoms with E-state index in [9.17, 15) is 4.79 Å². The SMILES string of the molecule is COCCn1c(SCC(=O)Nc2ccc3c(c2)OCCCO3)nnc1-c1ccccc1. The van der Waals surface area contributed by atoms with E-state index in [1.165, 1.54) is 11.8 Å². The van der Waals surface area contributed by atoms with Crippen molar-refractivity contribution in [3.63, 3.8) is 0 Å². The number of carbonyl (C=O) groups is 1. The number of hydrogen-bond acceptors (Lipinski definition) is 7. The van der Waals surface area contributed by atoms with Crippen LogP contribution in [0.4, 0.5) is 5.69 Å². The van der Waals surface area contributed by atoms with Crippen molar-refractivity contribution in [1.29, 1.82) is 0 Å². The Morgan fingerprint density at radius 2 is 1.94 bits per heavy atom. The van der Waals surface area contributed by atoms with Crippen LogP contribution in [0.3, 0.4) is 0 Å². The number of amides is 1. The van der Waals surface area contributed by atoms with Gasteiger partial charge in [0.1, 0.15) is 0 Å². The summed E-state index contributed by atoms with van der Waals surface area (Å²) >= 11 is 1.34. The average Bonchev–Trinajstić information content (AvgIpc) is 3.05. The average molecular weight is 441 g/mol. The lowest BCUT2D eigenvalue weighted by Crippen LogP contribution is -2.15. The van der Waals surface area contributed by atoms with Crippen LogP contribution in [0.1, 0.15) is 6.42 Å². The Kier molecular flexibility index (Phi) is 7.06.